The minimum Gasteiger partial charge on any atom is -0.497 e. The number of carbonyl (C=O) groups excluding carboxylic acids is 1. The lowest BCUT2D eigenvalue weighted by atomic mass is 10.0. The maximum absolute atomic E-state index is 12.9. The van der Waals surface area contributed by atoms with E-state index in [1.807, 2.05) is 62.4 Å². The average molecular weight is 389 g/mol. The summed E-state index contributed by atoms with van der Waals surface area (Å²) in [6, 6.07) is 17.8. The second-order valence-electron chi connectivity index (χ2n) is 6.73. The molecule has 29 heavy (non-hydrogen) atoms. The van der Waals surface area contributed by atoms with Crippen LogP contribution in [-0.2, 0) is 4.74 Å². The van der Waals surface area contributed by atoms with Gasteiger partial charge in [0.05, 0.1) is 31.9 Å². The van der Waals surface area contributed by atoms with E-state index in [1.54, 1.807) is 14.2 Å². The number of nitrogens with zero attached hydrogens (tertiary/aromatic N) is 1. The van der Waals surface area contributed by atoms with E-state index >= 15 is 0 Å². The zero-order valence-corrected chi connectivity index (χ0v) is 17.0. The molecule has 0 spiro atoms. The minimum atomic E-state index is -0.334. The van der Waals surface area contributed by atoms with Gasteiger partial charge in [-0.05, 0) is 44.2 Å². The Balaban J connectivity index is 2.15. The molecule has 0 amide bonds. The molecule has 5 nitrogen and oxygen atoms in total. The molecule has 0 fully saturated rings. The van der Waals surface area contributed by atoms with Crippen LogP contribution in [0.2, 0.25) is 0 Å². The van der Waals surface area contributed by atoms with Gasteiger partial charge in [-0.1, -0.05) is 24.3 Å². The van der Waals surface area contributed by atoms with Crippen molar-refractivity contribution >= 4 is 27.6 Å². The lowest BCUT2D eigenvalue weighted by molar-refractivity contribution is 0.0527. The van der Waals surface area contributed by atoms with Crippen LogP contribution in [0.4, 0.5) is 0 Å². The summed E-state index contributed by atoms with van der Waals surface area (Å²) in [5, 5.41) is 2.81. The summed E-state index contributed by atoms with van der Waals surface area (Å²) in [4.78, 5) is 12.9. The van der Waals surface area contributed by atoms with Crippen molar-refractivity contribution < 1.29 is 19.0 Å². The predicted molar refractivity (Wildman–Crippen MR) is 115 cm³/mol. The minimum absolute atomic E-state index is 0.318. The molecule has 0 N–H and O–H groups in total. The first-order chi connectivity index (χ1) is 14.1. The monoisotopic (exact) mass is 389 g/mol. The van der Waals surface area contributed by atoms with Crippen molar-refractivity contribution in [1.82, 2.24) is 4.57 Å². The topological polar surface area (TPSA) is 49.7 Å². The highest BCUT2D eigenvalue weighted by molar-refractivity contribution is 6.16. The smallest absolute Gasteiger partial charge is 0.340 e. The molecule has 0 aliphatic rings. The van der Waals surface area contributed by atoms with Crippen LogP contribution in [0.5, 0.6) is 11.5 Å². The number of esters is 1. The van der Waals surface area contributed by atoms with Crippen molar-refractivity contribution in [3.63, 3.8) is 0 Å². The van der Waals surface area contributed by atoms with Gasteiger partial charge in [-0.2, -0.15) is 0 Å². The summed E-state index contributed by atoms with van der Waals surface area (Å²) in [5.74, 6) is 1.17. The van der Waals surface area contributed by atoms with Gasteiger partial charge in [-0.25, -0.2) is 4.79 Å². The molecule has 4 aromatic rings. The second kappa shape index (κ2) is 7.51. The van der Waals surface area contributed by atoms with Gasteiger partial charge in [0.25, 0.3) is 0 Å². The van der Waals surface area contributed by atoms with E-state index in [0.29, 0.717) is 12.2 Å². The van der Waals surface area contributed by atoms with E-state index in [0.717, 1.165) is 44.6 Å². The van der Waals surface area contributed by atoms with Gasteiger partial charge in [0.1, 0.15) is 11.5 Å². The molecule has 148 valence electrons. The van der Waals surface area contributed by atoms with Crippen LogP contribution in [0.15, 0.2) is 54.6 Å². The largest absolute Gasteiger partial charge is 0.497 e. The zero-order valence-electron chi connectivity index (χ0n) is 17.0. The van der Waals surface area contributed by atoms with Crippen molar-refractivity contribution in [3.05, 3.63) is 65.9 Å². The highest BCUT2D eigenvalue weighted by Crippen LogP contribution is 2.39. The number of ether oxygens (including phenoxy) is 3. The molecule has 1 heterocycles. The van der Waals surface area contributed by atoms with E-state index in [9.17, 15) is 4.79 Å². The Kier molecular flexibility index (Phi) is 4.89. The maximum atomic E-state index is 12.9. The van der Waals surface area contributed by atoms with Crippen LogP contribution in [0, 0.1) is 6.92 Å². The zero-order chi connectivity index (χ0) is 20.5. The molecule has 0 saturated heterocycles. The molecule has 1 aromatic heterocycles. The third kappa shape index (κ3) is 2.99. The summed E-state index contributed by atoms with van der Waals surface area (Å²) in [5.41, 5.74) is 3.27. The Bertz CT molecular complexity index is 1210. The third-order valence-corrected chi connectivity index (χ3v) is 5.20. The number of aromatic nitrogens is 1. The number of hydrogen-bond acceptors (Lipinski definition) is 4. The molecule has 5 heteroatoms. The lowest BCUT2D eigenvalue weighted by Gasteiger charge is -2.12. The molecule has 3 aromatic carbocycles. The molecule has 0 aliphatic heterocycles. The van der Waals surface area contributed by atoms with Gasteiger partial charge in [0.15, 0.2) is 0 Å². The summed E-state index contributed by atoms with van der Waals surface area (Å²) in [7, 11) is 3.29. The van der Waals surface area contributed by atoms with Crippen molar-refractivity contribution in [3.8, 4) is 17.2 Å². The predicted octanol–water partition coefficient (Wildman–Crippen LogP) is 5.29. The molecule has 0 radical (unpaired) electrons. The Morgan fingerprint density at radius 1 is 0.931 bits per heavy atom. The van der Waals surface area contributed by atoms with Crippen molar-refractivity contribution in [1.29, 1.82) is 0 Å². The SMILES string of the molecule is CCOC(=O)c1c(C)n(-c2ccc(OC)cc2)c2c1cc(OC)c1ccccc12. The number of methoxy groups -OCH3 is 2. The van der Waals surface area contributed by atoms with Crippen LogP contribution in [-0.4, -0.2) is 31.4 Å². The van der Waals surface area contributed by atoms with Crippen LogP contribution in [0.1, 0.15) is 23.0 Å². The first-order valence-corrected chi connectivity index (χ1v) is 9.53. The fraction of sp³-hybridized carbons (Fsp3) is 0.208. The summed E-state index contributed by atoms with van der Waals surface area (Å²) >= 11 is 0. The lowest BCUT2D eigenvalue weighted by Crippen LogP contribution is -2.07. The van der Waals surface area contributed by atoms with E-state index in [4.69, 9.17) is 14.2 Å². The standard InChI is InChI=1S/C24H23NO4/c1-5-29-24(26)22-15(2)25(16-10-12-17(27-3)13-11-16)23-19-9-7-6-8-18(19)21(28-4)14-20(22)23/h6-14H,5H2,1-4H3. The van der Waals surface area contributed by atoms with Crippen molar-refractivity contribution in [2.24, 2.45) is 0 Å². The molecular weight excluding hydrogens is 366 g/mol. The van der Waals surface area contributed by atoms with E-state index in [1.165, 1.54) is 0 Å². The highest BCUT2D eigenvalue weighted by atomic mass is 16.5. The van der Waals surface area contributed by atoms with Gasteiger partial charge in [-0.3, -0.25) is 0 Å². The molecular formula is C24H23NO4. The Labute approximate surface area is 169 Å². The van der Waals surface area contributed by atoms with Gasteiger partial charge in [0.2, 0.25) is 0 Å². The molecule has 0 unspecified atom stereocenters. The van der Waals surface area contributed by atoms with Crippen LogP contribution < -0.4 is 9.47 Å². The average Bonchev–Trinajstić information content (AvgIpc) is 3.05. The number of hydrogen-bond donors (Lipinski definition) is 0. The van der Waals surface area contributed by atoms with Crippen molar-refractivity contribution in [2.45, 2.75) is 13.8 Å². The van der Waals surface area contributed by atoms with Crippen LogP contribution in [0.25, 0.3) is 27.4 Å². The van der Waals surface area contributed by atoms with E-state index in [-0.39, 0.29) is 5.97 Å². The number of benzene rings is 3. The third-order valence-electron chi connectivity index (χ3n) is 5.20. The van der Waals surface area contributed by atoms with E-state index in [2.05, 4.69) is 10.6 Å². The number of fused-ring (bicyclic) bond motifs is 3. The molecule has 4 rings (SSSR count). The highest BCUT2D eigenvalue weighted by Gasteiger charge is 2.24. The Morgan fingerprint density at radius 3 is 2.24 bits per heavy atom. The first-order valence-electron chi connectivity index (χ1n) is 9.53. The maximum Gasteiger partial charge on any atom is 0.340 e. The number of rotatable bonds is 5. The van der Waals surface area contributed by atoms with Gasteiger partial charge < -0.3 is 18.8 Å². The Morgan fingerprint density at radius 2 is 1.62 bits per heavy atom. The normalized spacial score (nSPS) is 11.0. The summed E-state index contributed by atoms with van der Waals surface area (Å²) in [6.45, 7) is 4.07. The fourth-order valence-electron chi connectivity index (χ4n) is 3.92. The quantitative estimate of drug-likeness (QED) is 0.436. The number of carbonyl (C=O) groups is 1. The summed E-state index contributed by atoms with van der Waals surface area (Å²) < 4.78 is 18.4. The van der Waals surface area contributed by atoms with Crippen LogP contribution >= 0.6 is 0 Å². The van der Waals surface area contributed by atoms with E-state index < -0.39 is 0 Å². The second-order valence-corrected chi connectivity index (χ2v) is 6.73. The first kappa shape index (κ1) is 18.9. The fourth-order valence-corrected chi connectivity index (χ4v) is 3.92. The van der Waals surface area contributed by atoms with Gasteiger partial charge >= 0.3 is 5.97 Å². The van der Waals surface area contributed by atoms with Crippen LogP contribution in [0.3, 0.4) is 0 Å². The molecule has 0 aliphatic carbocycles. The summed E-state index contributed by atoms with van der Waals surface area (Å²) in [6.07, 6.45) is 0. The van der Waals surface area contributed by atoms with Gasteiger partial charge in [0, 0.05) is 27.5 Å². The molecule has 0 bridgehead atoms. The Hall–Kier alpha value is -3.47. The van der Waals surface area contributed by atoms with Gasteiger partial charge in [-0.15, -0.1) is 0 Å². The molecule has 0 saturated carbocycles. The molecule has 0 atom stereocenters. The van der Waals surface area contributed by atoms with Crippen molar-refractivity contribution in [2.75, 3.05) is 20.8 Å².